The summed E-state index contributed by atoms with van der Waals surface area (Å²) in [6.45, 7) is 10.5. The van der Waals surface area contributed by atoms with Gasteiger partial charge in [0.05, 0.1) is 6.04 Å². The first kappa shape index (κ1) is 16.2. The van der Waals surface area contributed by atoms with Gasteiger partial charge in [-0.05, 0) is 45.4 Å². The number of allylic oxidation sites excluding steroid dienone is 2. The van der Waals surface area contributed by atoms with Crippen molar-refractivity contribution in [1.82, 2.24) is 10.2 Å². The quantitative estimate of drug-likeness (QED) is 0.760. The highest BCUT2D eigenvalue weighted by Gasteiger charge is 2.35. The molecule has 3 N–H and O–H groups in total. The molecule has 0 saturated carbocycles. The molecule has 1 aliphatic heterocycles. The molecule has 4 nitrogen and oxygen atoms in total. The lowest BCUT2D eigenvalue weighted by molar-refractivity contribution is -0.125. The van der Waals surface area contributed by atoms with Crippen LogP contribution >= 0.6 is 0 Å². The average Bonchev–Trinajstić information content (AvgIpc) is 2.80. The van der Waals surface area contributed by atoms with E-state index in [4.69, 9.17) is 5.73 Å². The van der Waals surface area contributed by atoms with Gasteiger partial charge in [-0.25, -0.2) is 0 Å². The predicted molar refractivity (Wildman–Crippen MR) is 86.9 cm³/mol. The van der Waals surface area contributed by atoms with Crippen molar-refractivity contribution in [2.24, 2.45) is 11.7 Å². The Morgan fingerprint density at radius 2 is 2.33 bits per heavy atom. The van der Waals surface area contributed by atoms with Crippen LogP contribution in [0.5, 0.6) is 0 Å². The molecular formula is C17H29N3O. The molecule has 1 saturated heterocycles. The first-order chi connectivity index (χ1) is 10.0. The Morgan fingerprint density at radius 1 is 1.57 bits per heavy atom. The minimum Gasteiger partial charge on any atom is -0.355 e. The molecule has 3 atom stereocenters. The van der Waals surface area contributed by atoms with Gasteiger partial charge in [-0.3, -0.25) is 9.69 Å². The van der Waals surface area contributed by atoms with Crippen LogP contribution in [0.15, 0.2) is 23.8 Å². The number of rotatable bonds is 5. The molecule has 2 rings (SSSR count). The van der Waals surface area contributed by atoms with Crippen molar-refractivity contribution in [1.29, 1.82) is 0 Å². The highest BCUT2D eigenvalue weighted by Crippen LogP contribution is 2.29. The van der Waals surface area contributed by atoms with Crippen LogP contribution in [0.25, 0.3) is 0 Å². The molecule has 0 bridgehead atoms. The van der Waals surface area contributed by atoms with Crippen molar-refractivity contribution >= 4 is 5.91 Å². The summed E-state index contributed by atoms with van der Waals surface area (Å²) in [6, 6.07) is 0.0599. The molecule has 1 aliphatic carbocycles. The number of amides is 1. The fraction of sp³-hybridized carbons (Fsp3) is 0.706. The Morgan fingerprint density at radius 3 is 2.90 bits per heavy atom. The van der Waals surface area contributed by atoms with E-state index in [9.17, 15) is 4.79 Å². The fourth-order valence-corrected chi connectivity index (χ4v) is 3.42. The van der Waals surface area contributed by atoms with Gasteiger partial charge in [-0.1, -0.05) is 23.8 Å². The van der Waals surface area contributed by atoms with Gasteiger partial charge in [0, 0.05) is 25.7 Å². The van der Waals surface area contributed by atoms with E-state index >= 15 is 0 Å². The Labute approximate surface area is 128 Å². The van der Waals surface area contributed by atoms with Crippen LogP contribution in [0.1, 0.15) is 39.5 Å². The molecule has 4 heteroatoms. The van der Waals surface area contributed by atoms with Gasteiger partial charge in [0.1, 0.15) is 0 Å². The van der Waals surface area contributed by atoms with Crippen LogP contribution in [0, 0.1) is 5.92 Å². The Bertz CT molecular complexity index is 430. The zero-order valence-corrected chi connectivity index (χ0v) is 13.4. The molecule has 0 spiro atoms. The number of hydrogen-bond acceptors (Lipinski definition) is 3. The summed E-state index contributed by atoms with van der Waals surface area (Å²) in [5.41, 5.74) is 8.80. The number of nitrogens with two attached hydrogens (primary N) is 1. The molecular weight excluding hydrogens is 262 g/mol. The summed E-state index contributed by atoms with van der Waals surface area (Å²) in [7, 11) is 0. The van der Waals surface area contributed by atoms with Gasteiger partial charge in [0.15, 0.2) is 0 Å². The summed E-state index contributed by atoms with van der Waals surface area (Å²) >= 11 is 0. The van der Waals surface area contributed by atoms with E-state index in [2.05, 4.69) is 29.8 Å². The van der Waals surface area contributed by atoms with Gasteiger partial charge >= 0.3 is 0 Å². The second kappa shape index (κ2) is 7.23. The van der Waals surface area contributed by atoms with Crippen molar-refractivity contribution < 1.29 is 4.79 Å². The van der Waals surface area contributed by atoms with Crippen molar-refractivity contribution in [2.75, 3.05) is 19.6 Å². The highest BCUT2D eigenvalue weighted by molar-refractivity contribution is 5.82. The lowest BCUT2D eigenvalue weighted by Gasteiger charge is -2.28. The van der Waals surface area contributed by atoms with Gasteiger partial charge < -0.3 is 11.1 Å². The maximum atomic E-state index is 12.1. The normalized spacial score (nSPS) is 30.0. The van der Waals surface area contributed by atoms with Crippen LogP contribution in [0.3, 0.4) is 0 Å². The summed E-state index contributed by atoms with van der Waals surface area (Å²) in [5, 5.41) is 2.93. The van der Waals surface area contributed by atoms with E-state index in [0.717, 1.165) is 32.4 Å². The van der Waals surface area contributed by atoms with Gasteiger partial charge in [0.2, 0.25) is 5.91 Å². The Hall–Kier alpha value is -1.13. The summed E-state index contributed by atoms with van der Waals surface area (Å²) in [4.78, 5) is 14.4. The van der Waals surface area contributed by atoms with Crippen LogP contribution in [0.4, 0.5) is 0 Å². The van der Waals surface area contributed by atoms with E-state index in [1.54, 1.807) is 0 Å². The van der Waals surface area contributed by atoms with Gasteiger partial charge in [0.25, 0.3) is 0 Å². The summed E-state index contributed by atoms with van der Waals surface area (Å²) in [5.74, 6) is 0.760. The third kappa shape index (κ3) is 4.17. The SMILES string of the molecule is C=C(C)[C@@H]1CC=C(CN2C[C@H](N)C[C@H]2C(=O)NCC)CC1. The number of carbonyl (C=O) groups excluding carboxylic acids is 1. The third-order valence-electron chi connectivity index (χ3n) is 4.70. The third-order valence-corrected chi connectivity index (χ3v) is 4.70. The maximum Gasteiger partial charge on any atom is 0.237 e. The van der Waals surface area contributed by atoms with Gasteiger partial charge in [-0.2, -0.15) is 0 Å². The first-order valence-corrected chi connectivity index (χ1v) is 8.11. The molecule has 0 radical (unpaired) electrons. The number of nitrogens with one attached hydrogen (secondary N) is 1. The zero-order valence-electron chi connectivity index (χ0n) is 13.4. The van der Waals surface area contributed by atoms with E-state index in [1.807, 2.05) is 6.92 Å². The molecule has 0 aromatic carbocycles. The lowest BCUT2D eigenvalue weighted by Crippen LogP contribution is -2.44. The zero-order chi connectivity index (χ0) is 15.4. The topological polar surface area (TPSA) is 58.4 Å². The fourth-order valence-electron chi connectivity index (χ4n) is 3.42. The minimum atomic E-state index is -0.0558. The number of likely N-dealkylation sites (tertiary alicyclic amines) is 1. The minimum absolute atomic E-state index is 0.0558. The highest BCUT2D eigenvalue weighted by atomic mass is 16.2. The molecule has 0 unspecified atom stereocenters. The second-order valence-electron chi connectivity index (χ2n) is 6.52. The number of likely N-dealkylation sites (N-methyl/N-ethyl adjacent to an activating group) is 1. The summed E-state index contributed by atoms with van der Waals surface area (Å²) < 4.78 is 0. The van der Waals surface area contributed by atoms with Crippen molar-refractivity contribution in [3.63, 3.8) is 0 Å². The molecule has 1 fully saturated rings. The number of carbonyl (C=O) groups is 1. The molecule has 2 aliphatic rings. The molecule has 21 heavy (non-hydrogen) atoms. The Balaban J connectivity index is 1.95. The van der Waals surface area contributed by atoms with E-state index in [-0.39, 0.29) is 18.0 Å². The monoisotopic (exact) mass is 291 g/mol. The van der Waals surface area contributed by atoms with Crippen LogP contribution < -0.4 is 11.1 Å². The smallest absolute Gasteiger partial charge is 0.237 e. The van der Waals surface area contributed by atoms with Crippen molar-refractivity contribution in [2.45, 2.75) is 51.6 Å². The molecule has 0 aromatic heterocycles. The summed E-state index contributed by atoms with van der Waals surface area (Å²) in [6.07, 6.45) is 6.52. The van der Waals surface area contributed by atoms with Gasteiger partial charge in [-0.15, -0.1) is 0 Å². The molecule has 1 heterocycles. The number of hydrogen-bond donors (Lipinski definition) is 2. The molecule has 0 aromatic rings. The largest absolute Gasteiger partial charge is 0.355 e. The number of nitrogens with zero attached hydrogens (tertiary/aromatic N) is 1. The van der Waals surface area contributed by atoms with Crippen LogP contribution in [0.2, 0.25) is 0 Å². The lowest BCUT2D eigenvalue weighted by atomic mass is 9.85. The van der Waals surface area contributed by atoms with Crippen molar-refractivity contribution in [3.8, 4) is 0 Å². The van der Waals surface area contributed by atoms with E-state index < -0.39 is 0 Å². The standard InChI is InChI=1S/C17H29N3O/c1-4-19-17(21)16-9-15(18)11-20(16)10-13-5-7-14(8-6-13)12(2)3/h5,14-16H,2,4,6-11,18H2,1,3H3,(H,19,21)/t14-,15-,16+/m1/s1. The predicted octanol–water partition coefficient (Wildman–Crippen LogP) is 1.83. The van der Waals surface area contributed by atoms with Crippen LogP contribution in [-0.4, -0.2) is 42.5 Å². The first-order valence-electron chi connectivity index (χ1n) is 8.11. The van der Waals surface area contributed by atoms with E-state index in [1.165, 1.54) is 17.6 Å². The molecule has 1 amide bonds. The Kier molecular flexibility index (Phi) is 5.59. The molecule has 118 valence electrons. The van der Waals surface area contributed by atoms with E-state index in [0.29, 0.717) is 12.5 Å². The van der Waals surface area contributed by atoms with Crippen molar-refractivity contribution in [3.05, 3.63) is 23.8 Å². The average molecular weight is 291 g/mol. The second-order valence-corrected chi connectivity index (χ2v) is 6.52. The maximum absolute atomic E-state index is 12.1. The van der Waals surface area contributed by atoms with Crippen LogP contribution in [-0.2, 0) is 4.79 Å².